The number of carbonyl (C=O) groups excluding carboxylic acids is 1. The first-order chi connectivity index (χ1) is 18.3. The van der Waals surface area contributed by atoms with E-state index in [1.165, 1.54) is 11.3 Å². The van der Waals surface area contributed by atoms with Gasteiger partial charge in [-0.2, -0.15) is 4.99 Å². The standard InChI is InChI=1S/C27H32Cl2N6O2S/c1-17-25(33-27(38-17)34-26(30)31)19-5-7-21(8-6-19)37-14-2-3-24(36)32-20-10-12-35(13-11-20)16-18-4-9-22(28)23(29)15-18/h4-9,15,20H,2-3,10-14,16H2,1H3,(H,32,36)(H4,30,31,33,34). The van der Waals surface area contributed by atoms with E-state index < -0.39 is 0 Å². The molecule has 0 radical (unpaired) electrons. The van der Waals surface area contributed by atoms with Crippen molar-refractivity contribution in [2.24, 2.45) is 16.5 Å². The lowest BCUT2D eigenvalue weighted by Crippen LogP contribution is -2.44. The van der Waals surface area contributed by atoms with Crippen LogP contribution in [0.4, 0.5) is 5.13 Å². The number of guanidine groups is 1. The van der Waals surface area contributed by atoms with E-state index in [9.17, 15) is 4.79 Å². The van der Waals surface area contributed by atoms with Gasteiger partial charge in [0.25, 0.3) is 0 Å². The molecule has 1 amide bonds. The third-order valence-corrected chi connectivity index (χ3v) is 7.90. The molecule has 1 aromatic heterocycles. The summed E-state index contributed by atoms with van der Waals surface area (Å²) >= 11 is 13.6. The number of aromatic nitrogens is 1. The lowest BCUT2D eigenvalue weighted by molar-refractivity contribution is -0.122. The fourth-order valence-corrected chi connectivity index (χ4v) is 5.51. The first-order valence-electron chi connectivity index (χ1n) is 12.5. The minimum absolute atomic E-state index is 0.00977. The van der Waals surface area contributed by atoms with Crippen molar-refractivity contribution in [2.45, 2.75) is 45.2 Å². The number of halogens is 2. The number of carbonyl (C=O) groups is 1. The number of likely N-dealkylation sites (tertiary alicyclic amines) is 1. The Kier molecular flexibility index (Phi) is 9.85. The molecular formula is C27H32Cl2N6O2S. The zero-order chi connectivity index (χ0) is 27.1. The van der Waals surface area contributed by atoms with Crippen LogP contribution < -0.4 is 21.5 Å². The number of rotatable bonds is 10. The first-order valence-corrected chi connectivity index (χ1v) is 14.1. The molecule has 1 aliphatic rings. The second kappa shape index (κ2) is 13.3. The van der Waals surface area contributed by atoms with Crippen LogP contribution >= 0.6 is 34.5 Å². The number of thiazole rings is 1. The highest BCUT2D eigenvalue weighted by Gasteiger charge is 2.21. The van der Waals surface area contributed by atoms with Crippen LogP contribution in [0, 0.1) is 6.92 Å². The molecule has 0 spiro atoms. The maximum Gasteiger partial charge on any atom is 0.220 e. The highest BCUT2D eigenvalue weighted by molar-refractivity contribution is 7.15. The lowest BCUT2D eigenvalue weighted by Gasteiger charge is -2.32. The molecule has 0 unspecified atom stereocenters. The highest BCUT2D eigenvalue weighted by Crippen LogP contribution is 2.32. The van der Waals surface area contributed by atoms with Gasteiger partial charge < -0.3 is 21.5 Å². The van der Waals surface area contributed by atoms with Gasteiger partial charge in [-0.05, 0) is 68.1 Å². The van der Waals surface area contributed by atoms with Crippen LogP contribution in [0.25, 0.3) is 11.3 Å². The molecule has 1 fully saturated rings. The SMILES string of the molecule is Cc1sc(N=C(N)N)nc1-c1ccc(OCCCC(=O)NC2CCN(Cc3ccc(Cl)c(Cl)c3)CC2)cc1. The number of aryl methyl sites for hydroxylation is 1. The molecule has 38 heavy (non-hydrogen) atoms. The normalized spacial score (nSPS) is 14.3. The van der Waals surface area contributed by atoms with Crippen molar-refractivity contribution >= 4 is 51.5 Å². The molecule has 1 saturated heterocycles. The second-order valence-corrected chi connectivity index (χ2v) is 11.3. The average Bonchev–Trinajstić information content (AvgIpc) is 3.24. The molecule has 0 aliphatic carbocycles. The molecule has 4 rings (SSSR count). The summed E-state index contributed by atoms with van der Waals surface area (Å²) in [5, 5.41) is 4.86. The Balaban J connectivity index is 1.14. The Bertz CT molecular complexity index is 1270. The summed E-state index contributed by atoms with van der Waals surface area (Å²) in [5.74, 6) is 0.813. The smallest absolute Gasteiger partial charge is 0.220 e. The number of nitrogens with one attached hydrogen (secondary N) is 1. The summed E-state index contributed by atoms with van der Waals surface area (Å²) in [6, 6.07) is 13.7. The summed E-state index contributed by atoms with van der Waals surface area (Å²) in [4.78, 5) is 24.3. The van der Waals surface area contributed by atoms with Crippen LogP contribution in [-0.2, 0) is 11.3 Å². The number of nitrogens with zero attached hydrogens (tertiary/aromatic N) is 3. The van der Waals surface area contributed by atoms with Crippen LogP contribution in [0.1, 0.15) is 36.1 Å². The van der Waals surface area contributed by atoms with Crippen molar-refractivity contribution in [1.82, 2.24) is 15.2 Å². The summed E-state index contributed by atoms with van der Waals surface area (Å²) in [5.41, 5.74) is 13.8. The van der Waals surface area contributed by atoms with Crippen molar-refractivity contribution < 1.29 is 9.53 Å². The van der Waals surface area contributed by atoms with E-state index in [0.717, 1.165) is 59.9 Å². The Labute approximate surface area is 237 Å². The maximum atomic E-state index is 12.4. The lowest BCUT2D eigenvalue weighted by atomic mass is 10.0. The largest absolute Gasteiger partial charge is 0.494 e. The average molecular weight is 576 g/mol. The van der Waals surface area contributed by atoms with Gasteiger partial charge in [0, 0.05) is 42.5 Å². The molecule has 3 aromatic rings. The monoisotopic (exact) mass is 574 g/mol. The molecule has 8 nitrogen and oxygen atoms in total. The van der Waals surface area contributed by atoms with Crippen molar-refractivity contribution in [2.75, 3.05) is 19.7 Å². The summed E-state index contributed by atoms with van der Waals surface area (Å²) in [6.07, 6.45) is 2.95. The number of piperidine rings is 1. The molecule has 2 heterocycles. The molecule has 0 atom stereocenters. The van der Waals surface area contributed by atoms with Gasteiger partial charge in [0.15, 0.2) is 5.96 Å². The number of nitrogens with two attached hydrogens (primary N) is 2. The number of hydrogen-bond donors (Lipinski definition) is 3. The summed E-state index contributed by atoms with van der Waals surface area (Å²) in [6.45, 7) is 5.15. The molecule has 202 valence electrons. The number of benzene rings is 2. The van der Waals surface area contributed by atoms with Gasteiger partial charge in [-0.15, -0.1) is 0 Å². The van der Waals surface area contributed by atoms with Gasteiger partial charge in [-0.25, -0.2) is 4.98 Å². The van der Waals surface area contributed by atoms with Crippen LogP contribution in [0.2, 0.25) is 10.0 Å². The molecule has 5 N–H and O–H groups in total. The Hall–Kier alpha value is -2.85. The fourth-order valence-electron chi connectivity index (χ4n) is 4.37. The Morgan fingerprint density at radius 3 is 2.58 bits per heavy atom. The summed E-state index contributed by atoms with van der Waals surface area (Å²) < 4.78 is 5.83. The van der Waals surface area contributed by atoms with Crippen LogP contribution in [0.5, 0.6) is 5.75 Å². The van der Waals surface area contributed by atoms with Crippen LogP contribution in [-0.4, -0.2) is 47.5 Å². The predicted octanol–water partition coefficient (Wildman–Crippen LogP) is 5.27. The van der Waals surface area contributed by atoms with E-state index in [1.54, 1.807) is 0 Å². The third kappa shape index (κ3) is 8.07. The quantitative estimate of drug-likeness (QED) is 0.172. The Morgan fingerprint density at radius 1 is 1.16 bits per heavy atom. The molecule has 0 bridgehead atoms. The second-order valence-electron chi connectivity index (χ2n) is 9.28. The van der Waals surface area contributed by atoms with Gasteiger partial charge >= 0.3 is 0 Å². The molecule has 2 aromatic carbocycles. The number of amides is 1. The number of hydrogen-bond acceptors (Lipinski definition) is 6. The number of ether oxygens (including phenoxy) is 1. The van der Waals surface area contributed by atoms with Gasteiger partial charge in [0.2, 0.25) is 11.0 Å². The van der Waals surface area contributed by atoms with Gasteiger partial charge in [-0.3, -0.25) is 9.69 Å². The van der Waals surface area contributed by atoms with Crippen LogP contribution in [0.3, 0.4) is 0 Å². The maximum absolute atomic E-state index is 12.4. The van der Waals surface area contributed by atoms with E-state index in [-0.39, 0.29) is 17.9 Å². The Morgan fingerprint density at radius 2 is 1.89 bits per heavy atom. The van der Waals surface area contributed by atoms with Gasteiger partial charge in [-0.1, -0.05) is 40.6 Å². The van der Waals surface area contributed by atoms with Crippen molar-refractivity contribution in [3.8, 4) is 17.0 Å². The minimum atomic E-state index is -0.00977. The fraction of sp³-hybridized carbons (Fsp3) is 0.370. The van der Waals surface area contributed by atoms with Gasteiger partial charge in [0.05, 0.1) is 22.3 Å². The summed E-state index contributed by atoms with van der Waals surface area (Å²) in [7, 11) is 0. The third-order valence-electron chi connectivity index (χ3n) is 6.30. The van der Waals surface area contributed by atoms with E-state index in [2.05, 4.69) is 20.2 Å². The molecule has 0 saturated carbocycles. The van der Waals surface area contributed by atoms with Gasteiger partial charge in [0.1, 0.15) is 5.75 Å². The van der Waals surface area contributed by atoms with E-state index >= 15 is 0 Å². The molecular weight excluding hydrogens is 543 g/mol. The van der Waals surface area contributed by atoms with Crippen molar-refractivity contribution in [3.05, 3.63) is 63.0 Å². The number of aliphatic imine (C=N–C) groups is 1. The zero-order valence-electron chi connectivity index (χ0n) is 21.3. The predicted molar refractivity (Wildman–Crippen MR) is 155 cm³/mol. The van der Waals surface area contributed by atoms with Crippen molar-refractivity contribution in [3.63, 3.8) is 0 Å². The topological polar surface area (TPSA) is 119 Å². The van der Waals surface area contributed by atoms with E-state index in [4.69, 9.17) is 39.4 Å². The molecule has 11 heteroatoms. The molecule has 1 aliphatic heterocycles. The minimum Gasteiger partial charge on any atom is -0.494 e. The van der Waals surface area contributed by atoms with Crippen LogP contribution in [0.15, 0.2) is 47.5 Å². The van der Waals surface area contributed by atoms with E-state index in [1.807, 2.05) is 49.4 Å². The highest BCUT2D eigenvalue weighted by atomic mass is 35.5. The zero-order valence-corrected chi connectivity index (χ0v) is 23.6. The first kappa shape index (κ1) is 28.2. The van der Waals surface area contributed by atoms with Crippen molar-refractivity contribution in [1.29, 1.82) is 0 Å². The van der Waals surface area contributed by atoms with E-state index in [0.29, 0.717) is 34.6 Å².